The molecule has 1 saturated carbocycles. The molecule has 1 fully saturated rings. The molecule has 8 nitrogen and oxygen atoms in total. The smallest absolute Gasteiger partial charge is 0.240 e. The number of hydrogen-bond donors (Lipinski definition) is 1. The number of nitrogens with zero attached hydrogens (tertiary/aromatic N) is 5. The monoisotopic (exact) mass is 462 g/mol. The first-order chi connectivity index (χ1) is 16.5. The molecule has 2 aromatic heterocycles. The minimum atomic E-state index is -0.133. The number of para-hydroxylation sites is 1. The summed E-state index contributed by atoms with van der Waals surface area (Å²) in [6, 6.07) is 10.8. The highest BCUT2D eigenvalue weighted by molar-refractivity contribution is 6.00. The van der Waals surface area contributed by atoms with E-state index in [0.29, 0.717) is 31.4 Å². The Balaban J connectivity index is 1.26. The predicted molar refractivity (Wildman–Crippen MR) is 134 cm³/mol. The Morgan fingerprint density at radius 1 is 1.21 bits per heavy atom. The molecule has 0 saturated heterocycles. The maximum atomic E-state index is 12.7. The van der Waals surface area contributed by atoms with Gasteiger partial charge in [-0.1, -0.05) is 37.5 Å². The molecule has 34 heavy (non-hydrogen) atoms. The summed E-state index contributed by atoms with van der Waals surface area (Å²) in [5.41, 5.74) is 2.98. The lowest BCUT2D eigenvalue weighted by Gasteiger charge is -2.31. The molecule has 0 unspecified atom stereocenters. The Morgan fingerprint density at radius 2 is 2.00 bits per heavy atom. The number of carbonyl (C=O) groups is 2. The van der Waals surface area contributed by atoms with E-state index in [1.807, 2.05) is 29.9 Å². The zero-order chi connectivity index (χ0) is 23.7. The van der Waals surface area contributed by atoms with Crippen LogP contribution in [0.2, 0.25) is 0 Å². The first-order valence-corrected chi connectivity index (χ1v) is 12.4. The van der Waals surface area contributed by atoms with Gasteiger partial charge in [-0.3, -0.25) is 14.5 Å². The average Bonchev–Trinajstić information content (AvgIpc) is 3.43. The van der Waals surface area contributed by atoms with Crippen LogP contribution < -0.4 is 10.2 Å². The second-order valence-electron chi connectivity index (χ2n) is 9.63. The third-order valence-corrected chi connectivity index (χ3v) is 7.33. The van der Waals surface area contributed by atoms with Gasteiger partial charge in [-0.15, -0.1) is 0 Å². The number of rotatable bonds is 7. The van der Waals surface area contributed by atoms with Crippen LogP contribution >= 0.6 is 0 Å². The van der Waals surface area contributed by atoms with Crippen molar-refractivity contribution in [3.05, 3.63) is 36.5 Å². The van der Waals surface area contributed by atoms with Gasteiger partial charge >= 0.3 is 0 Å². The van der Waals surface area contributed by atoms with Crippen LogP contribution in [0.1, 0.15) is 38.5 Å². The van der Waals surface area contributed by atoms with Crippen molar-refractivity contribution in [3.63, 3.8) is 0 Å². The van der Waals surface area contributed by atoms with Crippen LogP contribution in [0.3, 0.4) is 0 Å². The molecule has 3 heterocycles. The van der Waals surface area contributed by atoms with Crippen molar-refractivity contribution in [3.8, 4) is 11.3 Å². The summed E-state index contributed by atoms with van der Waals surface area (Å²) in [7, 11) is 4.16. The molecule has 3 aromatic rings. The van der Waals surface area contributed by atoms with Gasteiger partial charge in [-0.25, -0.2) is 4.68 Å². The van der Waals surface area contributed by atoms with Crippen LogP contribution in [-0.4, -0.2) is 63.8 Å². The number of hydrogen-bond acceptors (Lipinski definition) is 4. The number of aryl methyl sites for hydroxylation is 2. The van der Waals surface area contributed by atoms with Crippen molar-refractivity contribution in [2.75, 3.05) is 31.6 Å². The molecule has 1 aliphatic carbocycles. The van der Waals surface area contributed by atoms with Gasteiger partial charge in [0.15, 0.2) is 0 Å². The number of anilines is 1. The molecule has 8 heteroatoms. The lowest BCUT2D eigenvalue weighted by molar-refractivity contribution is -0.124. The van der Waals surface area contributed by atoms with E-state index in [2.05, 4.69) is 40.2 Å². The van der Waals surface area contributed by atoms with E-state index in [1.165, 1.54) is 32.1 Å². The molecule has 0 atom stereocenters. The second-order valence-corrected chi connectivity index (χ2v) is 9.63. The van der Waals surface area contributed by atoms with Crippen LogP contribution in [0.25, 0.3) is 22.2 Å². The fraction of sp³-hybridized carbons (Fsp3) is 0.500. The maximum absolute atomic E-state index is 12.7. The van der Waals surface area contributed by atoms with Gasteiger partial charge in [-0.2, -0.15) is 5.10 Å². The summed E-state index contributed by atoms with van der Waals surface area (Å²) in [6.07, 6.45) is 8.84. The predicted octanol–water partition coefficient (Wildman–Crippen LogP) is 3.16. The van der Waals surface area contributed by atoms with E-state index in [9.17, 15) is 9.59 Å². The van der Waals surface area contributed by atoms with Crippen molar-refractivity contribution in [2.24, 2.45) is 7.05 Å². The maximum Gasteiger partial charge on any atom is 0.240 e. The third-order valence-electron chi connectivity index (χ3n) is 7.33. The summed E-state index contributed by atoms with van der Waals surface area (Å²) in [6.45, 7) is 1.97. The number of nitrogens with one attached hydrogen (secondary N) is 1. The highest BCUT2D eigenvalue weighted by Gasteiger charge is 2.29. The van der Waals surface area contributed by atoms with Gasteiger partial charge in [0.25, 0.3) is 0 Å². The lowest BCUT2D eigenvalue weighted by atomic mass is 9.94. The topological polar surface area (TPSA) is 75.4 Å². The molecule has 0 spiro atoms. The minimum absolute atomic E-state index is 0.0205. The number of amides is 2. The molecule has 1 N–H and O–H groups in total. The normalized spacial score (nSPS) is 16.9. The summed E-state index contributed by atoms with van der Waals surface area (Å²) < 4.78 is 3.94. The van der Waals surface area contributed by atoms with Crippen LogP contribution in [-0.2, 0) is 23.2 Å². The lowest BCUT2D eigenvalue weighted by Crippen LogP contribution is -2.46. The average molecular weight is 463 g/mol. The third kappa shape index (κ3) is 4.46. The van der Waals surface area contributed by atoms with Gasteiger partial charge < -0.3 is 14.8 Å². The first kappa shape index (κ1) is 22.7. The quantitative estimate of drug-likeness (QED) is 0.585. The van der Waals surface area contributed by atoms with E-state index in [-0.39, 0.29) is 18.4 Å². The Labute approximate surface area is 200 Å². The fourth-order valence-corrected chi connectivity index (χ4v) is 5.38. The van der Waals surface area contributed by atoms with Crippen molar-refractivity contribution < 1.29 is 9.59 Å². The Morgan fingerprint density at radius 3 is 2.82 bits per heavy atom. The largest absolute Gasteiger partial charge is 0.353 e. The Hall–Kier alpha value is -3.13. The van der Waals surface area contributed by atoms with Gasteiger partial charge in [0.05, 0.1) is 12.2 Å². The van der Waals surface area contributed by atoms with Crippen LogP contribution in [0.15, 0.2) is 36.5 Å². The van der Waals surface area contributed by atoms with Gasteiger partial charge in [-0.05, 0) is 26.0 Å². The summed E-state index contributed by atoms with van der Waals surface area (Å²) in [5.74, 6) is 0.520. The highest BCUT2D eigenvalue weighted by atomic mass is 16.2. The fourth-order valence-electron chi connectivity index (χ4n) is 5.38. The second kappa shape index (κ2) is 9.62. The zero-order valence-corrected chi connectivity index (χ0v) is 20.2. The van der Waals surface area contributed by atoms with Gasteiger partial charge in [0.2, 0.25) is 11.8 Å². The summed E-state index contributed by atoms with van der Waals surface area (Å²) >= 11 is 0. The zero-order valence-electron chi connectivity index (χ0n) is 20.2. The molecular formula is C26H34N6O2. The molecule has 180 valence electrons. The van der Waals surface area contributed by atoms with E-state index < -0.39 is 0 Å². The molecule has 0 radical (unpaired) electrons. The van der Waals surface area contributed by atoms with E-state index >= 15 is 0 Å². The van der Waals surface area contributed by atoms with Gasteiger partial charge in [0, 0.05) is 61.3 Å². The van der Waals surface area contributed by atoms with Crippen molar-refractivity contribution >= 4 is 28.5 Å². The van der Waals surface area contributed by atoms with Crippen LogP contribution in [0, 0.1) is 0 Å². The van der Waals surface area contributed by atoms with Crippen molar-refractivity contribution in [1.29, 1.82) is 0 Å². The van der Waals surface area contributed by atoms with Crippen LogP contribution in [0.5, 0.6) is 0 Å². The standard InChI is InChI=1S/C26H34N6O2/c1-29(19-8-4-3-5-9-19)15-13-27-24(33)18-31-25-16-22(28-32(25)14-12-26(31)34)21-17-30(2)23-11-7-6-10-20(21)23/h6-7,10-11,16-17,19H,3-5,8-9,12-15,18H2,1-2H3,(H,27,33). The SMILES string of the molecule is CN(CCNC(=O)CN1C(=O)CCn2nc(-c3cn(C)c4ccccc34)cc21)C1CCCCC1. The van der Waals surface area contributed by atoms with Crippen molar-refractivity contribution in [1.82, 2.24) is 24.6 Å². The minimum Gasteiger partial charge on any atom is -0.353 e. The number of benzene rings is 1. The summed E-state index contributed by atoms with van der Waals surface area (Å²) in [5, 5.41) is 8.92. The molecular weight excluding hydrogens is 428 g/mol. The number of fused-ring (bicyclic) bond motifs is 2. The Bertz CT molecular complexity index is 1190. The first-order valence-electron chi connectivity index (χ1n) is 12.4. The molecule has 2 amide bonds. The Kier molecular flexibility index (Phi) is 6.41. The van der Waals surface area contributed by atoms with E-state index in [0.717, 1.165) is 28.7 Å². The van der Waals surface area contributed by atoms with E-state index in [1.54, 1.807) is 4.90 Å². The van der Waals surface area contributed by atoms with E-state index in [4.69, 9.17) is 5.10 Å². The number of likely N-dealkylation sites (N-methyl/N-ethyl adjacent to an activating group) is 1. The van der Waals surface area contributed by atoms with Crippen LogP contribution in [0.4, 0.5) is 5.82 Å². The summed E-state index contributed by atoms with van der Waals surface area (Å²) in [4.78, 5) is 29.4. The highest BCUT2D eigenvalue weighted by Crippen LogP contribution is 2.33. The van der Waals surface area contributed by atoms with Crippen molar-refractivity contribution in [2.45, 2.75) is 51.1 Å². The molecule has 1 aliphatic heterocycles. The van der Waals surface area contributed by atoms with Gasteiger partial charge in [0.1, 0.15) is 12.4 Å². The molecule has 0 bridgehead atoms. The number of aromatic nitrogens is 3. The molecule has 1 aromatic carbocycles. The molecule has 2 aliphatic rings. The molecule has 5 rings (SSSR count). The number of carbonyl (C=O) groups excluding carboxylic acids is 2.